The second kappa shape index (κ2) is 6.84. The van der Waals surface area contributed by atoms with Crippen molar-refractivity contribution >= 4 is 22.5 Å². The minimum atomic E-state index is -0.326. The number of anilines is 1. The zero-order valence-corrected chi connectivity index (χ0v) is 15.5. The van der Waals surface area contributed by atoms with Crippen LogP contribution in [0.5, 0.6) is 0 Å². The number of nitrogens with one attached hydrogen (secondary N) is 1. The summed E-state index contributed by atoms with van der Waals surface area (Å²) in [4.78, 5) is 25.5. The minimum absolute atomic E-state index is 0.0221. The van der Waals surface area contributed by atoms with Gasteiger partial charge in [-0.3, -0.25) is 14.3 Å². The Labute approximate surface area is 160 Å². The Bertz CT molecular complexity index is 1230. The summed E-state index contributed by atoms with van der Waals surface area (Å²) in [6.45, 7) is 1.80. The summed E-state index contributed by atoms with van der Waals surface area (Å²) in [6, 6.07) is 15.4. The molecule has 0 radical (unpaired) electrons. The molecule has 2 aromatic carbocycles. The van der Waals surface area contributed by atoms with Crippen LogP contribution in [0.4, 0.5) is 10.1 Å². The van der Waals surface area contributed by atoms with Crippen LogP contribution in [0.15, 0.2) is 65.6 Å². The third-order valence-electron chi connectivity index (χ3n) is 4.87. The maximum absolute atomic E-state index is 13.3. The highest BCUT2D eigenvalue weighted by atomic mass is 19.1. The van der Waals surface area contributed by atoms with E-state index in [1.807, 2.05) is 30.3 Å². The van der Waals surface area contributed by atoms with E-state index >= 15 is 0 Å². The molecule has 6 nitrogen and oxygen atoms in total. The molecule has 28 heavy (non-hydrogen) atoms. The van der Waals surface area contributed by atoms with Gasteiger partial charge in [0.15, 0.2) is 0 Å². The number of carbonyl (C=O) groups is 1. The summed E-state index contributed by atoms with van der Waals surface area (Å²) in [5, 5.41) is 3.45. The van der Waals surface area contributed by atoms with Gasteiger partial charge in [0.2, 0.25) is 5.91 Å². The number of hydrogen-bond donors (Lipinski definition) is 1. The van der Waals surface area contributed by atoms with Gasteiger partial charge >= 0.3 is 0 Å². The molecule has 0 aliphatic carbocycles. The molecule has 0 spiro atoms. The molecule has 0 saturated heterocycles. The van der Waals surface area contributed by atoms with E-state index in [0.29, 0.717) is 5.69 Å². The first kappa shape index (κ1) is 17.8. The van der Waals surface area contributed by atoms with Gasteiger partial charge in [0.1, 0.15) is 18.0 Å². The van der Waals surface area contributed by atoms with E-state index in [9.17, 15) is 14.0 Å². The Balaban J connectivity index is 1.62. The molecule has 2 aromatic heterocycles. The average Bonchev–Trinajstić information content (AvgIpc) is 3.16. The Morgan fingerprint density at radius 1 is 1.11 bits per heavy atom. The van der Waals surface area contributed by atoms with E-state index in [1.54, 1.807) is 41.5 Å². The second-order valence-corrected chi connectivity index (χ2v) is 6.63. The fourth-order valence-corrected chi connectivity index (χ4v) is 3.35. The van der Waals surface area contributed by atoms with E-state index in [4.69, 9.17) is 0 Å². The largest absolute Gasteiger partial charge is 0.338 e. The zero-order valence-electron chi connectivity index (χ0n) is 15.5. The molecule has 0 fully saturated rings. The van der Waals surface area contributed by atoms with Crippen LogP contribution >= 0.6 is 0 Å². The third kappa shape index (κ3) is 3.00. The van der Waals surface area contributed by atoms with Crippen molar-refractivity contribution in [1.29, 1.82) is 0 Å². The summed E-state index contributed by atoms with van der Waals surface area (Å²) >= 11 is 0. The molecule has 0 bridgehead atoms. The Morgan fingerprint density at radius 2 is 1.86 bits per heavy atom. The maximum Gasteiger partial charge on any atom is 0.295 e. The van der Waals surface area contributed by atoms with Crippen molar-refractivity contribution in [2.45, 2.75) is 13.5 Å². The highest BCUT2D eigenvalue weighted by Crippen LogP contribution is 2.18. The van der Waals surface area contributed by atoms with Crippen molar-refractivity contribution in [3.63, 3.8) is 0 Å². The van der Waals surface area contributed by atoms with Gasteiger partial charge in [0, 0.05) is 24.1 Å². The van der Waals surface area contributed by atoms with Crippen LogP contribution in [-0.2, 0) is 18.4 Å². The Kier molecular flexibility index (Phi) is 4.35. The van der Waals surface area contributed by atoms with Crippen molar-refractivity contribution in [2.24, 2.45) is 7.05 Å². The van der Waals surface area contributed by atoms with Crippen LogP contribution in [0, 0.1) is 12.7 Å². The molecule has 7 heteroatoms. The van der Waals surface area contributed by atoms with E-state index in [1.165, 1.54) is 16.8 Å². The van der Waals surface area contributed by atoms with Crippen LogP contribution < -0.4 is 10.9 Å². The van der Waals surface area contributed by atoms with E-state index in [-0.39, 0.29) is 29.5 Å². The van der Waals surface area contributed by atoms with Crippen LogP contribution in [0.1, 0.15) is 5.69 Å². The Hall–Kier alpha value is -3.61. The molecule has 2 heterocycles. The molecule has 0 aliphatic heterocycles. The van der Waals surface area contributed by atoms with Crippen LogP contribution in [-0.4, -0.2) is 19.8 Å². The monoisotopic (exact) mass is 378 g/mol. The highest BCUT2D eigenvalue weighted by Gasteiger charge is 2.18. The number of rotatable bonds is 4. The first-order valence-electron chi connectivity index (χ1n) is 8.84. The summed E-state index contributed by atoms with van der Waals surface area (Å²) < 4.78 is 18.3. The van der Waals surface area contributed by atoms with Gasteiger partial charge in [-0.25, -0.2) is 9.07 Å². The molecule has 0 aliphatic rings. The summed E-state index contributed by atoms with van der Waals surface area (Å²) in [6.07, 6.45) is 1.73. The normalized spacial score (nSPS) is 11.1. The summed E-state index contributed by atoms with van der Waals surface area (Å²) in [5.41, 5.74) is 2.08. The molecule has 4 rings (SSSR count). The molecular weight excluding hydrogens is 359 g/mol. The van der Waals surface area contributed by atoms with E-state index < -0.39 is 0 Å². The fraction of sp³-hybridized carbons (Fsp3) is 0.143. The van der Waals surface area contributed by atoms with Crippen molar-refractivity contribution < 1.29 is 9.18 Å². The molecule has 0 saturated carbocycles. The minimum Gasteiger partial charge on any atom is -0.338 e. The standard InChI is InChI=1S/C21H19FN4O2/c1-14-20(21(28)26(24(14)2)17-6-4-3-5-7-17)23-19(27)13-25-11-10-15-12-16(22)8-9-18(15)25/h3-12H,13H2,1-2H3,(H,23,27). The number of benzene rings is 2. The number of fused-ring (bicyclic) bond motifs is 1. The average molecular weight is 378 g/mol. The Morgan fingerprint density at radius 3 is 2.61 bits per heavy atom. The lowest BCUT2D eigenvalue weighted by Crippen LogP contribution is -2.24. The SMILES string of the molecule is Cc1c(NC(=O)Cn2ccc3cc(F)ccc32)c(=O)n(-c2ccccc2)n1C. The quantitative estimate of drug-likeness (QED) is 0.593. The van der Waals surface area contributed by atoms with Gasteiger partial charge in [-0.1, -0.05) is 18.2 Å². The highest BCUT2D eigenvalue weighted by molar-refractivity contribution is 5.92. The maximum atomic E-state index is 13.3. The van der Waals surface area contributed by atoms with Crippen LogP contribution in [0.25, 0.3) is 16.6 Å². The number of amides is 1. The number of carbonyl (C=O) groups excluding carboxylic acids is 1. The predicted octanol–water partition coefficient (Wildman–Crippen LogP) is 3.22. The second-order valence-electron chi connectivity index (χ2n) is 6.63. The zero-order chi connectivity index (χ0) is 19.8. The van der Waals surface area contributed by atoms with Gasteiger partial charge in [0.05, 0.1) is 11.4 Å². The lowest BCUT2D eigenvalue weighted by Gasteiger charge is -2.07. The summed E-state index contributed by atoms with van der Waals surface area (Å²) in [7, 11) is 1.77. The molecule has 0 unspecified atom stereocenters. The van der Waals surface area contributed by atoms with E-state index in [2.05, 4.69) is 5.32 Å². The number of halogens is 1. The summed E-state index contributed by atoms with van der Waals surface area (Å²) in [5.74, 6) is -0.649. The topological polar surface area (TPSA) is 61.0 Å². The molecule has 0 atom stereocenters. The first-order chi connectivity index (χ1) is 13.5. The first-order valence-corrected chi connectivity index (χ1v) is 8.84. The molecule has 1 N–H and O–H groups in total. The van der Waals surface area contributed by atoms with E-state index in [0.717, 1.165) is 16.6 Å². The van der Waals surface area contributed by atoms with Crippen molar-refractivity contribution in [2.75, 3.05) is 5.32 Å². The molecule has 142 valence electrons. The van der Waals surface area contributed by atoms with Crippen molar-refractivity contribution in [3.05, 3.63) is 82.7 Å². The third-order valence-corrected chi connectivity index (χ3v) is 4.87. The molecular formula is C21H19FN4O2. The van der Waals surface area contributed by atoms with Gasteiger partial charge in [-0.05, 0) is 43.3 Å². The molecule has 4 aromatic rings. The van der Waals surface area contributed by atoms with Gasteiger partial charge in [-0.2, -0.15) is 0 Å². The van der Waals surface area contributed by atoms with Crippen molar-refractivity contribution in [3.8, 4) is 5.69 Å². The van der Waals surface area contributed by atoms with Gasteiger partial charge in [-0.15, -0.1) is 0 Å². The fourth-order valence-electron chi connectivity index (χ4n) is 3.35. The van der Waals surface area contributed by atoms with Crippen LogP contribution in [0.2, 0.25) is 0 Å². The van der Waals surface area contributed by atoms with Gasteiger partial charge < -0.3 is 9.88 Å². The lowest BCUT2D eigenvalue weighted by atomic mass is 10.2. The number of para-hydroxylation sites is 1. The predicted molar refractivity (Wildman–Crippen MR) is 106 cm³/mol. The number of aromatic nitrogens is 3. The van der Waals surface area contributed by atoms with Crippen LogP contribution in [0.3, 0.4) is 0 Å². The smallest absolute Gasteiger partial charge is 0.295 e. The number of nitrogens with zero attached hydrogens (tertiary/aromatic N) is 3. The lowest BCUT2D eigenvalue weighted by molar-refractivity contribution is -0.116. The van der Waals surface area contributed by atoms with Crippen molar-refractivity contribution in [1.82, 2.24) is 13.9 Å². The molecule has 1 amide bonds. The number of hydrogen-bond acceptors (Lipinski definition) is 2. The van der Waals surface area contributed by atoms with Gasteiger partial charge in [0.25, 0.3) is 5.56 Å².